The molecule has 0 unspecified atom stereocenters. The van der Waals surface area contributed by atoms with Gasteiger partial charge in [0.2, 0.25) is 0 Å². The van der Waals surface area contributed by atoms with Crippen LogP contribution in [0.5, 0.6) is 0 Å². The van der Waals surface area contributed by atoms with Gasteiger partial charge in [0.05, 0.1) is 0 Å². The van der Waals surface area contributed by atoms with Crippen molar-refractivity contribution in [1.29, 1.82) is 0 Å². The van der Waals surface area contributed by atoms with Crippen LogP contribution < -0.4 is 0 Å². The summed E-state index contributed by atoms with van der Waals surface area (Å²) in [6.07, 6.45) is 12.6. The van der Waals surface area contributed by atoms with Crippen molar-refractivity contribution < 1.29 is 0 Å². The molecular formula is C18H41NSi. The molecule has 0 N–H and O–H groups in total. The average molecular weight is 300 g/mol. The molecule has 0 aliphatic heterocycles. The van der Waals surface area contributed by atoms with Crippen LogP contribution in [0.2, 0.25) is 18.1 Å². The quantitative estimate of drug-likeness (QED) is 0.263. The smallest absolute Gasteiger partial charge is 0.128 e. The van der Waals surface area contributed by atoms with Gasteiger partial charge in [0.15, 0.2) is 0 Å². The van der Waals surface area contributed by atoms with Crippen LogP contribution in [-0.4, -0.2) is 26.4 Å². The third-order valence-corrected chi connectivity index (χ3v) is 10.6. The molecule has 1 nitrogen and oxygen atoms in total. The Labute approximate surface area is 130 Å². The number of hydrogen-bond donors (Lipinski definition) is 0. The van der Waals surface area contributed by atoms with Gasteiger partial charge in [-0.05, 0) is 38.1 Å². The third-order valence-electron chi connectivity index (χ3n) is 4.89. The van der Waals surface area contributed by atoms with E-state index < -0.39 is 8.24 Å². The Hall–Kier alpha value is 0.177. The molecule has 0 heterocycles. The van der Waals surface area contributed by atoms with Gasteiger partial charge in [-0.3, -0.25) is 0 Å². The van der Waals surface area contributed by atoms with E-state index in [0.717, 1.165) is 0 Å². The molecule has 0 radical (unpaired) electrons. The maximum atomic E-state index is 2.88. The summed E-state index contributed by atoms with van der Waals surface area (Å²) < 4.78 is 2.88. The Kier molecular flexibility index (Phi) is 13.0. The van der Waals surface area contributed by atoms with E-state index in [4.69, 9.17) is 0 Å². The van der Waals surface area contributed by atoms with Crippen LogP contribution in [0.4, 0.5) is 0 Å². The summed E-state index contributed by atoms with van der Waals surface area (Å²) in [4.78, 5) is 0. The summed E-state index contributed by atoms with van der Waals surface area (Å²) in [6, 6.07) is 4.64. The van der Waals surface area contributed by atoms with Gasteiger partial charge in [-0.15, -0.1) is 0 Å². The van der Waals surface area contributed by atoms with Crippen molar-refractivity contribution in [1.82, 2.24) is 4.57 Å². The standard InChI is InChI=1S/C18H41NSi/c1-6-10-14-15-19(5)20(16-11-7-2,17-12-8-3)18-13-9-4/h6-18H2,1-5H3. The SMILES string of the molecule is CCCCCN(C)[Si](CCCC)(CCCC)CCCC. The summed E-state index contributed by atoms with van der Waals surface area (Å²) in [5, 5.41) is 0. The fourth-order valence-corrected chi connectivity index (χ4v) is 8.86. The Balaban J connectivity index is 4.71. The molecule has 0 atom stereocenters. The van der Waals surface area contributed by atoms with Crippen molar-refractivity contribution in [2.45, 2.75) is 104 Å². The topological polar surface area (TPSA) is 3.24 Å². The van der Waals surface area contributed by atoms with Gasteiger partial charge in [-0.25, -0.2) is 0 Å². The van der Waals surface area contributed by atoms with Gasteiger partial charge in [-0.2, -0.15) is 0 Å². The Bertz CT molecular complexity index is 184. The Morgan fingerprint density at radius 3 is 1.35 bits per heavy atom. The lowest BCUT2D eigenvalue weighted by molar-refractivity contribution is 0.458. The van der Waals surface area contributed by atoms with E-state index >= 15 is 0 Å². The van der Waals surface area contributed by atoms with E-state index in [-0.39, 0.29) is 0 Å². The molecule has 0 rings (SSSR count). The first-order valence-corrected chi connectivity index (χ1v) is 11.9. The molecule has 0 fully saturated rings. The van der Waals surface area contributed by atoms with Crippen molar-refractivity contribution in [2.75, 3.05) is 13.6 Å². The zero-order chi connectivity index (χ0) is 15.3. The van der Waals surface area contributed by atoms with Crippen LogP contribution in [0.25, 0.3) is 0 Å². The van der Waals surface area contributed by atoms with Gasteiger partial charge in [0, 0.05) is 0 Å². The highest BCUT2D eigenvalue weighted by Gasteiger charge is 2.35. The Morgan fingerprint density at radius 1 is 0.600 bits per heavy atom. The van der Waals surface area contributed by atoms with Crippen LogP contribution >= 0.6 is 0 Å². The molecule has 0 aromatic heterocycles. The molecule has 122 valence electrons. The lowest BCUT2D eigenvalue weighted by Crippen LogP contribution is -2.51. The number of hydrogen-bond acceptors (Lipinski definition) is 1. The first-order valence-electron chi connectivity index (χ1n) is 9.38. The number of unbranched alkanes of at least 4 members (excludes halogenated alkanes) is 5. The van der Waals surface area contributed by atoms with Crippen LogP contribution in [0.3, 0.4) is 0 Å². The highest BCUT2D eigenvalue weighted by atomic mass is 28.3. The minimum absolute atomic E-state index is 1.18. The molecular weight excluding hydrogens is 258 g/mol. The van der Waals surface area contributed by atoms with Gasteiger partial charge in [0.1, 0.15) is 8.24 Å². The molecule has 20 heavy (non-hydrogen) atoms. The van der Waals surface area contributed by atoms with E-state index in [9.17, 15) is 0 Å². The van der Waals surface area contributed by atoms with Crippen LogP contribution in [-0.2, 0) is 0 Å². The number of rotatable bonds is 14. The highest BCUT2D eigenvalue weighted by molar-refractivity contribution is 6.77. The van der Waals surface area contributed by atoms with E-state index in [2.05, 4.69) is 39.3 Å². The predicted molar refractivity (Wildman–Crippen MR) is 97.1 cm³/mol. The fraction of sp³-hybridized carbons (Fsp3) is 1.00. The van der Waals surface area contributed by atoms with Gasteiger partial charge in [-0.1, -0.05) is 79.1 Å². The summed E-state index contributed by atoms with van der Waals surface area (Å²) >= 11 is 0. The molecule has 0 saturated heterocycles. The summed E-state index contributed by atoms with van der Waals surface area (Å²) in [6.45, 7) is 10.7. The van der Waals surface area contributed by atoms with E-state index in [0.29, 0.717) is 0 Å². The largest absolute Gasteiger partial charge is 0.326 e. The predicted octanol–water partition coefficient (Wildman–Crippen LogP) is 6.45. The molecule has 0 aliphatic rings. The van der Waals surface area contributed by atoms with Crippen molar-refractivity contribution in [3.63, 3.8) is 0 Å². The highest BCUT2D eigenvalue weighted by Crippen LogP contribution is 2.31. The van der Waals surface area contributed by atoms with Crippen molar-refractivity contribution in [3.05, 3.63) is 0 Å². The van der Waals surface area contributed by atoms with Gasteiger partial charge < -0.3 is 4.57 Å². The van der Waals surface area contributed by atoms with E-state index in [1.807, 2.05) is 0 Å². The molecule has 0 aliphatic carbocycles. The third kappa shape index (κ3) is 7.83. The normalized spacial score (nSPS) is 12.3. The molecule has 0 saturated carbocycles. The fourth-order valence-electron chi connectivity index (χ4n) is 3.30. The minimum Gasteiger partial charge on any atom is -0.326 e. The molecule has 0 bridgehead atoms. The summed E-state index contributed by atoms with van der Waals surface area (Å²) in [5.74, 6) is 0. The van der Waals surface area contributed by atoms with E-state index in [1.165, 1.54) is 64.3 Å². The van der Waals surface area contributed by atoms with Crippen molar-refractivity contribution in [2.24, 2.45) is 0 Å². The summed E-state index contributed by atoms with van der Waals surface area (Å²) in [5.41, 5.74) is 0. The maximum absolute atomic E-state index is 2.88. The van der Waals surface area contributed by atoms with Crippen LogP contribution in [0.1, 0.15) is 85.5 Å². The zero-order valence-corrected chi connectivity index (χ0v) is 16.1. The number of nitrogens with zero attached hydrogens (tertiary/aromatic N) is 1. The zero-order valence-electron chi connectivity index (χ0n) is 15.1. The molecule has 0 aromatic carbocycles. The van der Waals surface area contributed by atoms with Gasteiger partial charge >= 0.3 is 0 Å². The second-order valence-corrected chi connectivity index (χ2v) is 11.4. The van der Waals surface area contributed by atoms with Crippen LogP contribution in [0, 0.1) is 0 Å². The molecule has 0 aromatic rings. The monoisotopic (exact) mass is 299 g/mol. The summed E-state index contributed by atoms with van der Waals surface area (Å²) in [7, 11) is 1.28. The first-order chi connectivity index (χ1) is 9.66. The second kappa shape index (κ2) is 12.9. The Morgan fingerprint density at radius 2 is 1.00 bits per heavy atom. The second-order valence-electron chi connectivity index (χ2n) is 6.66. The molecule has 0 spiro atoms. The van der Waals surface area contributed by atoms with Crippen LogP contribution in [0.15, 0.2) is 0 Å². The first kappa shape index (κ1) is 20.2. The van der Waals surface area contributed by atoms with Gasteiger partial charge in [0.25, 0.3) is 0 Å². The van der Waals surface area contributed by atoms with Crippen molar-refractivity contribution in [3.8, 4) is 0 Å². The van der Waals surface area contributed by atoms with Crippen molar-refractivity contribution >= 4 is 8.24 Å². The van der Waals surface area contributed by atoms with E-state index in [1.54, 1.807) is 18.1 Å². The lowest BCUT2D eigenvalue weighted by Gasteiger charge is -2.41. The average Bonchev–Trinajstić information content (AvgIpc) is 2.47. The molecule has 2 heteroatoms. The lowest BCUT2D eigenvalue weighted by atomic mass is 10.2. The maximum Gasteiger partial charge on any atom is 0.128 e. The molecule has 0 amide bonds. The minimum atomic E-state index is -1.18.